The van der Waals surface area contributed by atoms with Gasteiger partial charge < -0.3 is 4.74 Å². The molecule has 0 saturated carbocycles. The van der Waals surface area contributed by atoms with E-state index in [1.54, 1.807) is 0 Å². The van der Waals surface area contributed by atoms with Crippen LogP contribution in [0, 0.1) is 6.92 Å². The number of aromatic nitrogens is 1. The van der Waals surface area contributed by atoms with Crippen molar-refractivity contribution in [2.75, 3.05) is 0 Å². The van der Waals surface area contributed by atoms with Gasteiger partial charge in [0.2, 0.25) is 0 Å². The number of rotatable bonds is 2. The topological polar surface area (TPSA) is 13.1 Å². The van der Waals surface area contributed by atoms with Crippen molar-refractivity contribution in [2.45, 2.75) is 6.92 Å². The fourth-order valence-corrected chi connectivity index (χ4v) is 2.08. The molecule has 94 valence electrons. The van der Waals surface area contributed by atoms with Crippen molar-refractivity contribution in [3.05, 3.63) is 66.5 Å². The van der Waals surface area contributed by atoms with E-state index < -0.39 is 0 Å². The maximum atomic E-state index is 5.87. The second-order valence-corrected chi connectivity index (χ2v) is 4.82. The highest BCUT2D eigenvalue weighted by atomic mass is 16.5. The smallest absolute Gasteiger partial charge is 0.176 e. The SMILES string of the molecule is Cc1ccc(Oc2ccc3cc[n+](C)cc3c2)cc1. The molecular weight excluding hydrogens is 234 g/mol. The monoisotopic (exact) mass is 250 g/mol. The Morgan fingerprint density at radius 3 is 2.37 bits per heavy atom. The molecule has 3 rings (SSSR count). The molecule has 0 aliphatic carbocycles. The van der Waals surface area contributed by atoms with Crippen molar-refractivity contribution in [3.63, 3.8) is 0 Å². The summed E-state index contributed by atoms with van der Waals surface area (Å²) in [5, 5.41) is 2.39. The molecule has 0 spiro atoms. The largest absolute Gasteiger partial charge is 0.457 e. The molecule has 3 aromatic rings. The standard InChI is InChI=1S/C17H16NO/c1-13-3-6-16(7-4-13)19-17-8-5-14-9-10-18(2)12-15(14)11-17/h3-12H,1-2H3/q+1. The van der Waals surface area contributed by atoms with Gasteiger partial charge in [0.05, 0.1) is 0 Å². The molecule has 0 saturated heterocycles. The van der Waals surface area contributed by atoms with E-state index in [-0.39, 0.29) is 0 Å². The first-order valence-corrected chi connectivity index (χ1v) is 6.34. The van der Waals surface area contributed by atoms with Gasteiger partial charge in [-0.05, 0) is 36.6 Å². The summed E-state index contributed by atoms with van der Waals surface area (Å²) in [4.78, 5) is 0. The summed E-state index contributed by atoms with van der Waals surface area (Å²) in [6, 6.07) is 16.3. The van der Waals surface area contributed by atoms with Gasteiger partial charge in [0, 0.05) is 11.5 Å². The summed E-state index contributed by atoms with van der Waals surface area (Å²) >= 11 is 0. The maximum absolute atomic E-state index is 5.87. The lowest BCUT2D eigenvalue weighted by molar-refractivity contribution is -0.670. The van der Waals surface area contributed by atoms with Crippen LogP contribution < -0.4 is 9.30 Å². The Balaban J connectivity index is 1.94. The van der Waals surface area contributed by atoms with Crippen LogP contribution in [0.15, 0.2) is 60.9 Å². The molecule has 2 aromatic carbocycles. The number of hydrogen-bond donors (Lipinski definition) is 0. The predicted octanol–water partition coefficient (Wildman–Crippen LogP) is 3.77. The second kappa shape index (κ2) is 4.73. The lowest BCUT2D eigenvalue weighted by atomic mass is 10.1. The number of nitrogens with zero attached hydrogens (tertiary/aromatic N) is 1. The summed E-state index contributed by atoms with van der Waals surface area (Å²) in [6.07, 6.45) is 4.14. The van der Waals surface area contributed by atoms with Gasteiger partial charge >= 0.3 is 0 Å². The van der Waals surface area contributed by atoms with Gasteiger partial charge in [0.15, 0.2) is 12.4 Å². The van der Waals surface area contributed by atoms with Crippen molar-refractivity contribution >= 4 is 10.8 Å². The maximum Gasteiger partial charge on any atom is 0.176 e. The van der Waals surface area contributed by atoms with Crippen LogP contribution in [0.2, 0.25) is 0 Å². The Morgan fingerprint density at radius 1 is 0.842 bits per heavy atom. The fourth-order valence-electron chi connectivity index (χ4n) is 2.08. The van der Waals surface area contributed by atoms with Crippen molar-refractivity contribution in [2.24, 2.45) is 7.05 Å². The molecule has 0 radical (unpaired) electrons. The molecule has 0 N–H and O–H groups in total. The molecule has 19 heavy (non-hydrogen) atoms. The molecule has 0 fully saturated rings. The molecule has 2 nitrogen and oxygen atoms in total. The zero-order chi connectivity index (χ0) is 13.2. The molecule has 0 unspecified atom stereocenters. The zero-order valence-corrected chi connectivity index (χ0v) is 11.1. The number of aryl methyl sites for hydroxylation is 2. The fraction of sp³-hybridized carbons (Fsp3) is 0.118. The third-order valence-corrected chi connectivity index (χ3v) is 3.15. The van der Waals surface area contributed by atoms with Gasteiger partial charge in [-0.1, -0.05) is 23.8 Å². The molecule has 1 aromatic heterocycles. The molecule has 0 aliphatic rings. The molecule has 2 heteroatoms. The Hall–Kier alpha value is -2.35. The molecule has 0 aliphatic heterocycles. The number of pyridine rings is 1. The minimum Gasteiger partial charge on any atom is -0.457 e. The Morgan fingerprint density at radius 2 is 1.58 bits per heavy atom. The van der Waals surface area contributed by atoms with Crippen LogP contribution in [-0.4, -0.2) is 0 Å². The van der Waals surface area contributed by atoms with Gasteiger partial charge in [0.1, 0.15) is 18.5 Å². The zero-order valence-electron chi connectivity index (χ0n) is 11.1. The van der Waals surface area contributed by atoms with Crippen molar-refractivity contribution in [1.82, 2.24) is 0 Å². The number of hydrogen-bond acceptors (Lipinski definition) is 1. The Kier molecular flexibility index (Phi) is 2.92. The van der Waals surface area contributed by atoms with Crippen LogP contribution in [0.5, 0.6) is 11.5 Å². The van der Waals surface area contributed by atoms with Gasteiger partial charge in [-0.2, -0.15) is 0 Å². The first kappa shape index (κ1) is 11.7. The second-order valence-electron chi connectivity index (χ2n) is 4.82. The lowest BCUT2D eigenvalue weighted by Crippen LogP contribution is -2.25. The average Bonchev–Trinajstić information content (AvgIpc) is 2.41. The van der Waals surface area contributed by atoms with Crippen molar-refractivity contribution in [1.29, 1.82) is 0 Å². The van der Waals surface area contributed by atoms with Crippen LogP contribution in [0.1, 0.15) is 5.56 Å². The summed E-state index contributed by atoms with van der Waals surface area (Å²) in [5.74, 6) is 1.73. The van der Waals surface area contributed by atoms with E-state index >= 15 is 0 Å². The average molecular weight is 250 g/mol. The van der Waals surface area contributed by atoms with Gasteiger partial charge in [-0.25, -0.2) is 4.57 Å². The Labute approximate surface area is 112 Å². The first-order valence-electron chi connectivity index (χ1n) is 6.34. The Bertz CT molecular complexity index is 717. The van der Waals surface area contributed by atoms with E-state index in [1.165, 1.54) is 16.3 Å². The summed E-state index contributed by atoms with van der Waals surface area (Å²) in [7, 11) is 2.02. The molecule has 0 atom stereocenters. The minimum absolute atomic E-state index is 0.863. The van der Waals surface area contributed by atoms with Gasteiger partial charge in [-0.3, -0.25) is 0 Å². The molecular formula is C17H16NO+. The van der Waals surface area contributed by atoms with E-state index in [9.17, 15) is 0 Å². The highest BCUT2D eigenvalue weighted by molar-refractivity contribution is 5.82. The quantitative estimate of drug-likeness (QED) is 0.631. The molecule has 0 bridgehead atoms. The van der Waals surface area contributed by atoms with Crippen LogP contribution in [0.4, 0.5) is 0 Å². The predicted molar refractivity (Wildman–Crippen MR) is 76.4 cm³/mol. The van der Waals surface area contributed by atoms with Crippen LogP contribution in [0.3, 0.4) is 0 Å². The third-order valence-electron chi connectivity index (χ3n) is 3.15. The van der Waals surface area contributed by atoms with Crippen molar-refractivity contribution in [3.8, 4) is 11.5 Å². The van der Waals surface area contributed by atoms with E-state index in [4.69, 9.17) is 4.74 Å². The van der Waals surface area contributed by atoms with Crippen molar-refractivity contribution < 1.29 is 9.30 Å². The van der Waals surface area contributed by atoms with Gasteiger partial charge in [0.25, 0.3) is 0 Å². The summed E-state index contributed by atoms with van der Waals surface area (Å²) in [6.45, 7) is 2.07. The minimum atomic E-state index is 0.863. The summed E-state index contributed by atoms with van der Waals surface area (Å²) in [5.41, 5.74) is 1.23. The van der Waals surface area contributed by atoms with E-state index in [2.05, 4.69) is 43.5 Å². The van der Waals surface area contributed by atoms with Crippen LogP contribution in [0.25, 0.3) is 10.8 Å². The molecule has 1 heterocycles. The first-order chi connectivity index (χ1) is 9.20. The summed E-state index contributed by atoms with van der Waals surface area (Å²) < 4.78 is 7.91. The third kappa shape index (κ3) is 2.58. The van der Waals surface area contributed by atoms with E-state index in [0.717, 1.165) is 11.5 Å². The number of fused-ring (bicyclic) bond motifs is 1. The van der Waals surface area contributed by atoms with Crippen LogP contribution >= 0.6 is 0 Å². The van der Waals surface area contributed by atoms with Gasteiger partial charge in [-0.15, -0.1) is 0 Å². The lowest BCUT2D eigenvalue weighted by Gasteiger charge is -2.06. The van der Waals surface area contributed by atoms with E-state index in [1.807, 2.05) is 36.0 Å². The highest BCUT2D eigenvalue weighted by Crippen LogP contribution is 2.25. The van der Waals surface area contributed by atoms with E-state index in [0.29, 0.717) is 0 Å². The number of ether oxygens (including phenoxy) is 1. The highest BCUT2D eigenvalue weighted by Gasteiger charge is 2.02. The van der Waals surface area contributed by atoms with Crippen LogP contribution in [-0.2, 0) is 7.05 Å². The number of benzene rings is 2. The normalized spacial score (nSPS) is 10.6. The molecule has 0 amide bonds.